The molecule has 15 heavy (non-hydrogen) atoms. The zero-order valence-electron chi connectivity index (χ0n) is 10.1. The number of nitrogens with one attached hydrogen (secondary N) is 1. The van der Waals surface area contributed by atoms with Gasteiger partial charge in [0.15, 0.2) is 0 Å². The molecule has 0 heterocycles. The third kappa shape index (κ3) is 9.69. The maximum atomic E-state index is 11.3. The van der Waals surface area contributed by atoms with Crippen molar-refractivity contribution in [1.82, 2.24) is 5.32 Å². The van der Waals surface area contributed by atoms with Crippen molar-refractivity contribution in [2.75, 3.05) is 19.7 Å². The summed E-state index contributed by atoms with van der Waals surface area (Å²) in [5.74, 6) is 0.342. The highest BCUT2D eigenvalue weighted by atomic mass is 16.5. The number of carbonyl (C=O) groups is 1. The van der Waals surface area contributed by atoms with Crippen LogP contribution in [0, 0.1) is 5.92 Å². The molecule has 0 aromatic carbocycles. The fourth-order valence-corrected chi connectivity index (χ4v) is 1.09. The van der Waals surface area contributed by atoms with Crippen LogP contribution in [-0.2, 0) is 9.53 Å². The summed E-state index contributed by atoms with van der Waals surface area (Å²) in [6, 6.07) is 0. The first-order chi connectivity index (χ1) is 7.06. The second-order valence-corrected chi connectivity index (χ2v) is 4.17. The molecule has 0 aromatic heterocycles. The summed E-state index contributed by atoms with van der Waals surface area (Å²) in [4.78, 5) is 11.3. The molecule has 0 radical (unpaired) electrons. The van der Waals surface area contributed by atoms with Crippen molar-refractivity contribution < 1.29 is 9.53 Å². The molecule has 0 aromatic rings. The average Bonchev–Trinajstić information content (AvgIpc) is 2.16. The van der Waals surface area contributed by atoms with Gasteiger partial charge in [-0.3, -0.25) is 4.79 Å². The molecule has 0 aliphatic heterocycles. The van der Waals surface area contributed by atoms with Crippen LogP contribution in [0.3, 0.4) is 0 Å². The van der Waals surface area contributed by atoms with E-state index in [0.29, 0.717) is 26.1 Å². The van der Waals surface area contributed by atoms with Crippen molar-refractivity contribution in [2.24, 2.45) is 11.7 Å². The molecule has 0 bridgehead atoms. The molecule has 4 nitrogen and oxygen atoms in total. The highest BCUT2D eigenvalue weighted by Gasteiger charge is 2.06. The summed E-state index contributed by atoms with van der Waals surface area (Å²) in [6.45, 7) is 7.92. The van der Waals surface area contributed by atoms with Crippen LogP contribution in [0.2, 0.25) is 0 Å². The Kier molecular flexibility index (Phi) is 8.33. The molecule has 4 heteroatoms. The molecular formula is C11H24N2O2. The number of carbonyl (C=O) groups excluding carboxylic acids is 1. The molecule has 3 N–H and O–H groups in total. The van der Waals surface area contributed by atoms with Crippen molar-refractivity contribution in [2.45, 2.75) is 39.7 Å². The van der Waals surface area contributed by atoms with Gasteiger partial charge < -0.3 is 15.8 Å². The van der Waals surface area contributed by atoms with Gasteiger partial charge in [-0.2, -0.15) is 0 Å². The Hall–Kier alpha value is -0.610. The van der Waals surface area contributed by atoms with Gasteiger partial charge in [0, 0.05) is 19.6 Å². The predicted octanol–water partition coefficient (Wildman–Crippen LogP) is 0.903. The van der Waals surface area contributed by atoms with Crippen molar-refractivity contribution in [3.63, 3.8) is 0 Å². The molecular weight excluding hydrogens is 192 g/mol. The Bertz CT molecular complexity index is 172. The topological polar surface area (TPSA) is 64.4 Å². The fraction of sp³-hybridized carbons (Fsp3) is 0.909. The molecule has 1 atom stereocenters. The van der Waals surface area contributed by atoms with Crippen molar-refractivity contribution in [3.8, 4) is 0 Å². The van der Waals surface area contributed by atoms with Crippen molar-refractivity contribution >= 4 is 5.91 Å². The molecule has 90 valence electrons. The van der Waals surface area contributed by atoms with E-state index in [4.69, 9.17) is 10.5 Å². The van der Waals surface area contributed by atoms with Gasteiger partial charge in [-0.25, -0.2) is 0 Å². The molecule has 0 fully saturated rings. The molecule has 0 rings (SSSR count). The van der Waals surface area contributed by atoms with E-state index < -0.39 is 0 Å². The van der Waals surface area contributed by atoms with Gasteiger partial charge in [0.1, 0.15) is 0 Å². The normalized spacial score (nSPS) is 12.9. The van der Waals surface area contributed by atoms with Crippen LogP contribution in [0.25, 0.3) is 0 Å². The zero-order chi connectivity index (χ0) is 11.7. The summed E-state index contributed by atoms with van der Waals surface area (Å²) in [6.07, 6.45) is 1.64. The summed E-state index contributed by atoms with van der Waals surface area (Å²) in [5.41, 5.74) is 5.43. The van der Waals surface area contributed by atoms with Gasteiger partial charge >= 0.3 is 0 Å². The highest BCUT2D eigenvalue weighted by Crippen LogP contribution is 1.97. The monoisotopic (exact) mass is 216 g/mol. The molecule has 0 aliphatic rings. The van der Waals surface area contributed by atoms with Crippen molar-refractivity contribution in [1.29, 1.82) is 0 Å². The quantitative estimate of drug-likeness (QED) is 0.593. The number of hydrogen-bond acceptors (Lipinski definition) is 3. The first-order valence-electron chi connectivity index (χ1n) is 5.64. The second kappa shape index (κ2) is 8.68. The SMILES string of the molecule is CC(CN)CC(=O)NCCCOC(C)C. The minimum Gasteiger partial charge on any atom is -0.379 e. The van der Waals surface area contributed by atoms with Gasteiger partial charge in [-0.15, -0.1) is 0 Å². The number of ether oxygens (including phenoxy) is 1. The van der Waals surface area contributed by atoms with E-state index in [2.05, 4.69) is 5.32 Å². The maximum absolute atomic E-state index is 11.3. The molecule has 0 aliphatic carbocycles. The molecule has 0 saturated heterocycles. The largest absolute Gasteiger partial charge is 0.379 e. The van der Waals surface area contributed by atoms with Gasteiger partial charge in [0.25, 0.3) is 0 Å². The number of rotatable bonds is 8. The minimum atomic E-state index is 0.0810. The lowest BCUT2D eigenvalue weighted by atomic mass is 10.1. The third-order valence-corrected chi connectivity index (χ3v) is 2.03. The number of nitrogens with two attached hydrogens (primary N) is 1. The van der Waals surface area contributed by atoms with E-state index in [0.717, 1.165) is 6.42 Å². The number of amides is 1. The van der Waals surface area contributed by atoms with Gasteiger partial charge in [-0.05, 0) is 32.7 Å². The summed E-state index contributed by atoms with van der Waals surface area (Å²) < 4.78 is 5.35. The summed E-state index contributed by atoms with van der Waals surface area (Å²) in [7, 11) is 0. The molecule has 1 amide bonds. The van der Waals surface area contributed by atoms with E-state index in [9.17, 15) is 4.79 Å². The van der Waals surface area contributed by atoms with Crippen LogP contribution in [0.15, 0.2) is 0 Å². The first-order valence-corrected chi connectivity index (χ1v) is 5.64. The Balaban J connectivity index is 3.31. The fourth-order valence-electron chi connectivity index (χ4n) is 1.09. The van der Waals surface area contributed by atoms with Crippen LogP contribution < -0.4 is 11.1 Å². The smallest absolute Gasteiger partial charge is 0.220 e. The van der Waals surface area contributed by atoms with Crippen LogP contribution in [-0.4, -0.2) is 31.7 Å². The first kappa shape index (κ1) is 14.4. The van der Waals surface area contributed by atoms with E-state index in [1.807, 2.05) is 20.8 Å². The van der Waals surface area contributed by atoms with Gasteiger partial charge in [0.2, 0.25) is 5.91 Å². The minimum absolute atomic E-state index is 0.0810. The highest BCUT2D eigenvalue weighted by molar-refractivity contribution is 5.76. The van der Waals surface area contributed by atoms with Gasteiger partial charge in [0.05, 0.1) is 6.10 Å². The average molecular weight is 216 g/mol. The van der Waals surface area contributed by atoms with E-state index >= 15 is 0 Å². The van der Waals surface area contributed by atoms with Gasteiger partial charge in [-0.1, -0.05) is 6.92 Å². The molecule has 0 saturated carbocycles. The van der Waals surface area contributed by atoms with Crippen LogP contribution in [0.4, 0.5) is 0 Å². The lowest BCUT2D eigenvalue weighted by Gasteiger charge is -2.10. The summed E-state index contributed by atoms with van der Waals surface area (Å²) >= 11 is 0. The summed E-state index contributed by atoms with van der Waals surface area (Å²) in [5, 5.41) is 2.85. The number of hydrogen-bond donors (Lipinski definition) is 2. The Morgan fingerprint density at radius 1 is 1.40 bits per heavy atom. The van der Waals surface area contributed by atoms with E-state index in [1.54, 1.807) is 0 Å². The molecule has 0 spiro atoms. The van der Waals surface area contributed by atoms with Crippen LogP contribution >= 0.6 is 0 Å². The lowest BCUT2D eigenvalue weighted by molar-refractivity contribution is -0.121. The Morgan fingerprint density at radius 2 is 2.07 bits per heavy atom. The van der Waals surface area contributed by atoms with Crippen molar-refractivity contribution in [3.05, 3.63) is 0 Å². The predicted molar refractivity (Wildman–Crippen MR) is 61.6 cm³/mol. The third-order valence-electron chi connectivity index (χ3n) is 2.03. The Labute approximate surface area is 92.6 Å². The van der Waals surface area contributed by atoms with E-state index in [-0.39, 0.29) is 17.9 Å². The van der Waals surface area contributed by atoms with Crippen LogP contribution in [0.1, 0.15) is 33.6 Å². The standard InChI is InChI=1S/C11H24N2O2/c1-9(2)15-6-4-5-13-11(14)7-10(3)8-12/h9-10H,4-8,12H2,1-3H3,(H,13,14). The Morgan fingerprint density at radius 3 is 2.60 bits per heavy atom. The van der Waals surface area contributed by atoms with Crippen LogP contribution in [0.5, 0.6) is 0 Å². The van der Waals surface area contributed by atoms with E-state index in [1.165, 1.54) is 0 Å². The maximum Gasteiger partial charge on any atom is 0.220 e. The lowest BCUT2D eigenvalue weighted by Crippen LogP contribution is -2.28. The molecule has 1 unspecified atom stereocenters. The zero-order valence-corrected chi connectivity index (χ0v) is 10.1. The second-order valence-electron chi connectivity index (χ2n) is 4.17.